The molecule has 2 aliphatic heterocycles. The molecule has 2 amide bonds. The third-order valence-electron chi connectivity index (χ3n) is 4.75. The molecule has 0 spiro atoms. The Morgan fingerprint density at radius 3 is 2.18 bits per heavy atom. The summed E-state index contributed by atoms with van der Waals surface area (Å²) in [5, 5.41) is 0. The molecule has 0 aromatic heterocycles. The van der Waals surface area contributed by atoms with Gasteiger partial charge in [-0.25, -0.2) is 4.90 Å². The molecule has 0 N–H and O–H groups in total. The van der Waals surface area contributed by atoms with Gasteiger partial charge >= 0.3 is 0 Å². The van der Waals surface area contributed by atoms with Crippen LogP contribution in [0.4, 0.5) is 5.69 Å². The zero-order valence-corrected chi connectivity index (χ0v) is 13.6. The lowest BCUT2D eigenvalue weighted by Gasteiger charge is -2.37. The van der Waals surface area contributed by atoms with E-state index in [0.29, 0.717) is 23.9 Å². The van der Waals surface area contributed by atoms with Gasteiger partial charge in [-0.15, -0.1) is 0 Å². The fourth-order valence-corrected chi connectivity index (χ4v) is 3.83. The summed E-state index contributed by atoms with van der Waals surface area (Å²) in [7, 11) is 0. The summed E-state index contributed by atoms with van der Waals surface area (Å²) in [5.74, 6) is 1.03. The summed E-state index contributed by atoms with van der Waals surface area (Å²) < 4.78 is 0. The highest BCUT2D eigenvalue weighted by Gasteiger charge is 2.44. The third-order valence-corrected chi connectivity index (χ3v) is 4.75. The first-order valence-corrected chi connectivity index (χ1v) is 8.13. The first-order valence-electron chi connectivity index (χ1n) is 8.13. The zero-order chi connectivity index (χ0) is 15.9. The van der Waals surface area contributed by atoms with Crippen LogP contribution in [0.1, 0.15) is 32.3 Å². The number of aryl methyl sites for hydroxylation is 1. The summed E-state index contributed by atoms with van der Waals surface area (Å²) in [6, 6.07) is 7.31. The van der Waals surface area contributed by atoms with E-state index < -0.39 is 0 Å². The minimum atomic E-state index is -0.279. The van der Waals surface area contributed by atoms with Crippen LogP contribution in [0.2, 0.25) is 0 Å². The van der Waals surface area contributed by atoms with E-state index in [0.717, 1.165) is 18.7 Å². The Kier molecular flexibility index (Phi) is 4.04. The number of carbonyl (C=O) groups excluding carboxylic acids is 2. The number of likely N-dealkylation sites (tertiary alicyclic amines) is 1. The number of rotatable bonds is 2. The van der Waals surface area contributed by atoms with Crippen LogP contribution in [0.3, 0.4) is 0 Å². The van der Waals surface area contributed by atoms with Gasteiger partial charge in [-0.05, 0) is 37.3 Å². The third kappa shape index (κ3) is 2.80. The lowest BCUT2D eigenvalue weighted by molar-refractivity contribution is -0.123. The molecule has 2 saturated heterocycles. The van der Waals surface area contributed by atoms with Gasteiger partial charge in [-0.1, -0.05) is 31.5 Å². The number of piperidine rings is 1. The molecule has 3 atom stereocenters. The molecule has 0 aliphatic carbocycles. The highest BCUT2D eigenvalue weighted by atomic mass is 16.2. The molecule has 22 heavy (non-hydrogen) atoms. The van der Waals surface area contributed by atoms with E-state index in [1.165, 1.54) is 11.3 Å². The summed E-state index contributed by atoms with van der Waals surface area (Å²) in [4.78, 5) is 28.7. The molecule has 118 valence electrons. The molecule has 0 radical (unpaired) electrons. The maximum absolute atomic E-state index is 12.8. The van der Waals surface area contributed by atoms with Crippen LogP contribution in [0.5, 0.6) is 0 Å². The highest BCUT2D eigenvalue weighted by molar-refractivity contribution is 6.22. The summed E-state index contributed by atoms with van der Waals surface area (Å²) in [6.07, 6.45) is 1.51. The fraction of sp³-hybridized carbons (Fsp3) is 0.556. The average Bonchev–Trinajstić information content (AvgIpc) is 2.74. The summed E-state index contributed by atoms with van der Waals surface area (Å²) in [6.45, 7) is 8.27. The van der Waals surface area contributed by atoms with Crippen LogP contribution in [-0.4, -0.2) is 35.8 Å². The standard InChI is InChI=1S/C18H24N2O2/c1-12-4-6-15(7-5-12)20-17(21)9-16(18(20)22)19-10-13(2)8-14(3)11-19/h4-7,13-14,16H,8-11H2,1-3H3/t13-,14-,16+/m0/s1. The molecule has 3 rings (SSSR count). The maximum atomic E-state index is 12.8. The van der Waals surface area contributed by atoms with Crippen molar-refractivity contribution in [3.63, 3.8) is 0 Å². The maximum Gasteiger partial charge on any atom is 0.251 e. The van der Waals surface area contributed by atoms with Crippen LogP contribution < -0.4 is 4.90 Å². The summed E-state index contributed by atoms with van der Waals surface area (Å²) in [5.41, 5.74) is 1.82. The molecule has 4 heteroatoms. The minimum Gasteiger partial charge on any atom is -0.291 e. The van der Waals surface area contributed by atoms with E-state index in [2.05, 4.69) is 18.7 Å². The molecular weight excluding hydrogens is 276 g/mol. The van der Waals surface area contributed by atoms with Crippen molar-refractivity contribution in [3.8, 4) is 0 Å². The van der Waals surface area contributed by atoms with E-state index in [-0.39, 0.29) is 17.9 Å². The van der Waals surface area contributed by atoms with Crippen molar-refractivity contribution in [2.45, 2.75) is 39.7 Å². The molecule has 1 aromatic rings. The summed E-state index contributed by atoms with van der Waals surface area (Å²) >= 11 is 0. The molecule has 4 nitrogen and oxygen atoms in total. The smallest absolute Gasteiger partial charge is 0.251 e. The van der Waals surface area contributed by atoms with Crippen molar-refractivity contribution in [1.82, 2.24) is 4.90 Å². The molecule has 2 aliphatic rings. The molecule has 2 heterocycles. The van der Waals surface area contributed by atoms with Crippen molar-refractivity contribution in [2.75, 3.05) is 18.0 Å². The first kappa shape index (κ1) is 15.2. The predicted octanol–water partition coefficient (Wildman–Crippen LogP) is 2.60. The Labute approximate surface area is 132 Å². The van der Waals surface area contributed by atoms with Gasteiger partial charge in [0, 0.05) is 13.1 Å². The van der Waals surface area contributed by atoms with E-state index in [4.69, 9.17) is 0 Å². The van der Waals surface area contributed by atoms with Gasteiger partial charge in [0.05, 0.1) is 18.2 Å². The van der Waals surface area contributed by atoms with Gasteiger partial charge in [0.15, 0.2) is 0 Å². The average molecular weight is 300 g/mol. The Bertz CT molecular complexity index is 571. The zero-order valence-electron chi connectivity index (χ0n) is 13.6. The van der Waals surface area contributed by atoms with Crippen LogP contribution in [0.25, 0.3) is 0 Å². The van der Waals surface area contributed by atoms with Gasteiger partial charge in [0.2, 0.25) is 5.91 Å². The Morgan fingerprint density at radius 1 is 1.00 bits per heavy atom. The van der Waals surface area contributed by atoms with E-state index >= 15 is 0 Å². The van der Waals surface area contributed by atoms with Gasteiger partial charge in [0.25, 0.3) is 5.91 Å². The molecular formula is C18H24N2O2. The van der Waals surface area contributed by atoms with Crippen LogP contribution in [-0.2, 0) is 9.59 Å². The normalized spacial score (nSPS) is 30.1. The molecule has 0 bridgehead atoms. The second kappa shape index (κ2) is 5.84. The molecule has 0 unspecified atom stereocenters. The molecule has 1 aromatic carbocycles. The van der Waals surface area contributed by atoms with Gasteiger partial charge in [0.1, 0.15) is 0 Å². The van der Waals surface area contributed by atoms with Gasteiger partial charge in [-0.2, -0.15) is 0 Å². The molecule has 0 saturated carbocycles. The number of hydrogen-bond donors (Lipinski definition) is 0. The topological polar surface area (TPSA) is 40.6 Å². The Morgan fingerprint density at radius 2 is 1.59 bits per heavy atom. The van der Waals surface area contributed by atoms with Gasteiger partial charge < -0.3 is 0 Å². The second-order valence-electron chi connectivity index (χ2n) is 7.02. The van der Waals surface area contributed by atoms with Crippen LogP contribution in [0, 0.1) is 18.8 Å². The van der Waals surface area contributed by atoms with Crippen LogP contribution in [0.15, 0.2) is 24.3 Å². The number of carbonyl (C=O) groups is 2. The highest BCUT2D eigenvalue weighted by Crippen LogP contribution is 2.30. The minimum absolute atomic E-state index is 0.0600. The lowest BCUT2D eigenvalue weighted by Crippen LogP contribution is -2.48. The predicted molar refractivity (Wildman–Crippen MR) is 86.6 cm³/mol. The van der Waals surface area contributed by atoms with E-state index in [1.54, 1.807) is 0 Å². The number of nitrogens with zero attached hydrogens (tertiary/aromatic N) is 2. The fourth-order valence-electron chi connectivity index (χ4n) is 3.83. The van der Waals surface area contributed by atoms with Crippen molar-refractivity contribution in [2.24, 2.45) is 11.8 Å². The van der Waals surface area contributed by atoms with Crippen molar-refractivity contribution >= 4 is 17.5 Å². The largest absolute Gasteiger partial charge is 0.291 e. The van der Waals surface area contributed by atoms with Crippen LogP contribution >= 0.6 is 0 Å². The lowest BCUT2D eigenvalue weighted by atomic mass is 9.90. The van der Waals surface area contributed by atoms with Crippen molar-refractivity contribution in [3.05, 3.63) is 29.8 Å². The van der Waals surface area contributed by atoms with E-state index in [1.807, 2.05) is 31.2 Å². The SMILES string of the molecule is Cc1ccc(N2C(=O)C[C@@H](N3C[C@@H](C)C[C@H](C)C3)C2=O)cc1. The quantitative estimate of drug-likeness (QED) is 0.788. The number of hydrogen-bond acceptors (Lipinski definition) is 3. The Hall–Kier alpha value is -1.68. The number of benzene rings is 1. The van der Waals surface area contributed by atoms with Crippen molar-refractivity contribution < 1.29 is 9.59 Å². The first-order chi connectivity index (χ1) is 10.5. The van der Waals surface area contributed by atoms with E-state index in [9.17, 15) is 9.59 Å². The number of anilines is 1. The number of imide groups is 1. The number of amides is 2. The van der Waals surface area contributed by atoms with Gasteiger partial charge in [-0.3, -0.25) is 14.5 Å². The molecule has 2 fully saturated rings. The van der Waals surface area contributed by atoms with Crippen molar-refractivity contribution in [1.29, 1.82) is 0 Å². The monoisotopic (exact) mass is 300 g/mol. The Balaban J connectivity index is 1.80. The second-order valence-corrected chi connectivity index (χ2v) is 7.02.